The second kappa shape index (κ2) is 8.54. The molecular formula is C19H19ClN4O2S. The first-order valence-electron chi connectivity index (χ1n) is 8.55. The van der Waals surface area contributed by atoms with E-state index in [1.807, 2.05) is 26.0 Å². The number of fused-ring (bicyclic) bond motifs is 1. The molecule has 2 heterocycles. The molecule has 0 aliphatic heterocycles. The number of hydrogen-bond donors (Lipinski definition) is 1. The fourth-order valence-corrected chi connectivity index (χ4v) is 3.57. The van der Waals surface area contributed by atoms with Gasteiger partial charge in [0.25, 0.3) is 5.56 Å². The molecule has 3 aromatic rings. The molecule has 0 saturated carbocycles. The summed E-state index contributed by atoms with van der Waals surface area (Å²) in [5.41, 5.74) is 0.543. The number of thioether (sulfide) groups is 1. The summed E-state index contributed by atoms with van der Waals surface area (Å²) in [5.74, 6) is 0.314. The molecule has 0 fully saturated rings. The maximum Gasteiger partial charge on any atom is 0.262 e. The van der Waals surface area contributed by atoms with E-state index in [0.29, 0.717) is 26.9 Å². The molecule has 0 aliphatic carbocycles. The molecule has 1 unspecified atom stereocenters. The van der Waals surface area contributed by atoms with Crippen LogP contribution in [-0.4, -0.2) is 26.2 Å². The van der Waals surface area contributed by atoms with Gasteiger partial charge < -0.3 is 5.32 Å². The smallest absolute Gasteiger partial charge is 0.262 e. The Kier molecular flexibility index (Phi) is 6.13. The monoisotopic (exact) mass is 402 g/mol. The van der Waals surface area contributed by atoms with Crippen LogP contribution in [0.15, 0.2) is 52.5 Å². The number of amides is 1. The van der Waals surface area contributed by atoms with Gasteiger partial charge in [0.05, 0.1) is 21.7 Å². The topological polar surface area (TPSA) is 76.9 Å². The normalized spacial score (nSPS) is 12.1. The van der Waals surface area contributed by atoms with Gasteiger partial charge in [0.15, 0.2) is 5.16 Å². The number of hydrogen-bond acceptors (Lipinski definition) is 5. The zero-order chi connectivity index (χ0) is 19.4. The minimum Gasteiger partial charge on any atom is -0.310 e. The zero-order valence-electron chi connectivity index (χ0n) is 15.0. The Morgan fingerprint density at radius 3 is 2.78 bits per heavy atom. The number of carbonyl (C=O) groups excluding carboxylic acids is 1. The third-order valence-corrected chi connectivity index (χ3v) is 5.31. The van der Waals surface area contributed by atoms with E-state index < -0.39 is 0 Å². The minimum absolute atomic E-state index is 0.0156. The maximum absolute atomic E-state index is 12.9. The summed E-state index contributed by atoms with van der Waals surface area (Å²) in [6.07, 6.45) is 2.25. The third-order valence-electron chi connectivity index (χ3n) is 4.13. The molecule has 0 aliphatic rings. The maximum atomic E-state index is 12.9. The lowest BCUT2D eigenvalue weighted by Crippen LogP contribution is -2.26. The summed E-state index contributed by atoms with van der Waals surface area (Å²) in [7, 11) is 0. The number of aromatic nitrogens is 3. The number of rotatable bonds is 6. The molecule has 0 bridgehead atoms. The molecule has 0 radical (unpaired) electrons. The first-order valence-corrected chi connectivity index (χ1v) is 9.91. The fraction of sp³-hybridized carbons (Fsp3) is 0.263. The molecule has 140 valence electrons. The summed E-state index contributed by atoms with van der Waals surface area (Å²) in [6, 6.07) is 10.5. The van der Waals surface area contributed by atoms with Crippen molar-refractivity contribution in [3.63, 3.8) is 0 Å². The van der Waals surface area contributed by atoms with Crippen LogP contribution in [0.3, 0.4) is 0 Å². The second-order valence-corrected chi connectivity index (χ2v) is 7.42. The van der Waals surface area contributed by atoms with Crippen LogP contribution in [0.2, 0.25) is 5.02 Å². The number of halogens is 1. The standard InChI is InChI=1S/C19H19ClN4O2S/c1-3-12(2)24-18(26)14-6-4-5-7-15(14)22-19(24)27-11-17(25)23-16-9-8-13(20)10-21-16/h4-10,12H,3,11H2,1-2H3,(H,21,23,25). The molecule has 0 spiro atoms. The van der Waals surface area contributed by atoms with Gasteiger partial charge in [-0.15, -0.1) is 0 Å². The Labute approximate surface area is 166 Å². The summed E-state index contributed by atoms with van der Waals surface area (Å²) in [5, 5.41) is 4.32. The van der Waals surface area contributed by atoms with Crippen molar-refractivity contribution in [3.05, 3.63) is 58.0 Å². The van der Waals surface area contributed by atoms with Crippen LogP contribution in [-0.2, 0) is 4.79 Å². The van der Waals surface area contributed by atoms with Crippen LogP contribution in [0, 0.1) is 0 Å². The molecule has 1 amide bonds. The van der Waals surface area contributed by atoms with Crippen molar-refractivity contribution in [2.45, 2.75) is 31.5 Å². The molecule has 3 rings (SSSR count). The van der Waals surface area contributed by atoms with Gasteiger partial charge in [0.1, 0.15) is 5.82 Å². The highest BCUT2D eigenvalue weighted by Crippen LogP contribution is 2.22. The number of pyridine rings is 1. The predicted octanol–water partition coefficient (Wildman–Crippen LogP) is 4.15. The molecular weight excluding hydrogens is 384 g/mol. The largest absolute Gasteiger partial charge is 0.310 e. The van der Waals surface area contributed by atoms with Crippen molar-refractivity contribution in [1.29, 1.82) is 0 Å². The van der Waals surface area contributed by atoms with Crippen LogP contribution < -0.4 is 10.9 Å². The Hall–Kier alpha value is -2.38. The highest BCUT2D eigenvalue weighted by Gasteiger charge is 2.16. The SMILES string of the molecule is CCC(C)n1c(SCC(=O)Nc2ccc(Cl)cn2)nc2ccccc2c1=O. The van der Waals surface area contributed by atoms with E-state index in [1.54, 1.807) is 28.8 Å². The lowest BCUT2D eigenvalue weighted by atomic mass is 10.2. The van der Waals surface area contributed by atoms with Crippen molar-refractivity contribution in [3.8, 4) is 0 Å². The van der Waals surface area contributed by atoms with E-state index in [2.05, 4.69) is 15.3 Å². The zero-order valence-corrected chi connectivity index (χ0v) is 16.5. The van der Waals surface area contributed by atoms with E-state index in [4.69, 9.17) is 11.6 Å². The van der Waals surface area contributed by atoms with Crippen molar-refractivity contribution >= 4 is 46.0 Å². The first kappa shape index (κ1) is 19.4. The molecule has 1 N–H and O–H groups in total. The van der Waals surface area contributed by atoms with E-state index in [1.165, 1.54) is 18.0 Å². The summed E-state index contributed by atoms with van der Waals surface area (Å²) < 4.78 is 1.67. The number of nitrogens with zero attached hydrogens (tertiary/aromatic N) is 3. The van der Waals surface area contributed by atoms with Crippen LogP contribution in [0.1, 0.15) is 26.3 Å². The van der Waals surface area contributed by atoms with Crippen LogP contribution >= 0.6 is 23.4 Å². The highest BCUT2D eigenvalue weighted by molar-refractivity contribution is 7.99. The van der Waals surface area contributed by atoms with E-state index in [0.717, 1.165) is 6.42 Å². The van der Waals surface area contributed by atoms with Gasteiger partial charge in [-0.25, -0.2) is 9.97 Å². The Bertz CT molecular complexity index is 1020. The number of carbonyl (C=O) groups is 1. The summed E-state index contributed by atoms with van der Waals surface area (Å²) in [4.78, 5) is 33.8. The molecule has 1 atom stereocenters. The number of para-hydroxylation sites is 1. The lowest BCUT2D eigenvalue weighted by molar-refractivity contribution is -0.113. The van der Waals surface area contributed by atoms with Crippen molar-refractivity contribution in [2.75, 3.05) is 11.1 Å². The van der Waals surface area contributed by atoms with Gasteiger partial charge in [0.2, 0.25) is 5.91 Å². The average Bonchev–Trinajstić information content (AvgIpc) is 2.68. The highest BCUT2D eigenvalue weighted by atomic mass is 35.5. The van der Waals surface area contributed by atoms with Gasteiger partial charge in [-0.2, -0.15) is 0 Å². The van der Waals surface area contributed by atoms with E-state index in [-0.39, 0.29) is 23.3 Å². The number of anilines is 1. The molecule has 8 heteroatoms. The predicted molar refractivity (Wildman–Crippen MR) is 110 cm³/mol. The van der Waals surface area contributed by atoms with Crippen molar-refractivity contribution in [1.82, 2.24) is 14.5 Å². The third kappa shape index (κ3) is 4.48. The Morgan fingerprint density at radius 2 is 2.07 bits per heavy atom. The van der Waals surface area contributed by atoms with E-state index in [9.17, 15) is 9.59 Å². The van der Waals surface area contributed by atoms with E-state index >= 15 is 0 Å². The lowest BCUT2D eigenvalue weighted by Gasteiger charge is -2.18. The van der Waals surface area contributed by atoms with Gasteiger partial charge in [-0.05, 0) is 37.6 Å². The van der Waals surface area contributed by atoms with Gasteiger partial charge in [0, 0.05) is 12.2 Å². The molecule has 27 heavy (non-hydrogen) atoms. The van der Waals surface area contributed by atoms with Gasteiger partial charge in [-0.3, -0.25) is 14.2 Å². The molecule has 0 saturated heterocycles. The summed E-state index contributed by atoms with van der Waals surface area (Å²) in [6.45, 7) is 3.99. The van der Waals surface area contributed by atoms with Crippen LogP contribution in [0.5, 0.6) is 0 Å². The number of benzene rings is 1. The molecule has 6 nitrogen and oxygen atoms in total. The Morgan fingerprint density at radius 1 is 1.30 bits per heavy atom. The molecule has 1 aromatic carbocycles. The van der Waals surface area contributed by atoms with Crippen molar-refractivity contribution in [2.24, 2.45) is 0 Å². The second-order valence-electron chi connectivity index (χ2n) is 6.04. The molecule has 2 aromatic heterocycles. The average molecular weight is 403 g/mol. The Balaban J connectivity index is 1.84. The first-order chi connectivity index (χ1) is 13.0. The van der Waals surface area contributed by atoms with Gasteiger partial charge >= 0.3 is 0 Å². The van der Waals surface area contributed by atoms with Crippen LogP contribution in [0.4, 0.5) is 5.82 Å². The van der Waals surface area contributed by atoms with Crippen molar-refractivity contribution < 1.29 is 4.79 Å². The fourth-order valence-electron chi connectivity index (χ4n) is 2.56. The minimum atomic E-state index is -0.229. The number of nitrogens with one attached hydrogen (secondary N) is 1. The van der Waals surface area contributed by atoms with Crippen LogP contribution in [0.25, 0.3) is 10.9 Å². The summed E-state index contributed by atoms with van der Waals surface area (Å²) >= 11 is 7.03. The van der Waals surface area contributed by atoms with Gasteiger partial charge in [-0.1, -0.05) is 42.4 Å². The quantitative estimate of drug-likeness (QED) is 0.495.